The fourth-order valence-electron chi connectivity index (χ4n) is 1.29. The average Bonchev–Trinajstić information content (AvgIpc) is 2.42. The molecule has 17 heavy (non-hydrogen) atoms. The molecule has 2 aromatic heterocycles. The molecule has 0 spiro atoms. The van der Waals surface area contributed by atoms with E-state index in [1.165, 1.54) is 0 Å². The van der Waals surface area contributed by atoms with Crippen molar-refractivity contribution in [1.82, 2.24) is 9.97 Å². The summed E-state index contributed by atoms with van der Waals surface area (Å²) in [6.07, 6.45) is 3.61. The van der Waals surface area contributed by atoms with Crippen molar-refractivity contribution in [3.63, 3.8) is 0 Å². The lowest BCUT2D eigenvalue weighted by Gasteiger charge is -2.02. The number of aryl methyl sites for hydroxylation is 1. The zero-order chi connectivity index (χ0) is 12.7. The highest BCUT2D eigenvalue weighted by molar-refractivity contribution is 5.58. The van der Waals surface area contributed by atoms with E-state index >= 15 is 0 Å². The molecule has 2 aromatic rings. The topological polar surface area (TPSA) is 35.0 Å². The fraction of sp³-hybridized carbons (Fsp3) is 0.286. The summed E-state index contributed by atoms with van der Waals surface area (Å²) in [5.74, 6) is 0.617. The Morgan fingerprint density at radius 2 is 1.71 bits per heavy atom. The lowest BCUT2D eigenvalue weighted by Crippen LogP contribution is -1.88. The van der Waals surface area contributed by atoms with Crippen molar-refractivity contribution in [2.24, 2.45) is 0 Å². The van der Waals surface area contributed by atoms with E-state index in [4.69, 9.17) is 4.74 Å². The number of rotatable bonds is 2. The van der Waals surface area contributed by atoms with Gasteiger partial charge in [0.25, 0.3) is 0 Å². The van der Waals surface area contributed by atoms with Gasteiger partial charge in [0.15, 0.2) is 0 Å². The van der Waals surface area contributed by atoms with Gasteiger partial charge in [0.2, 0.25) is 5.88 Å². The summed E-state index contributed by atoms with van der Waals surface area (Å²) >= 11 is 0. The van der Waals surface area contributed by atoms with Crippen LogP contribution in [0.5, 0.6) is 5.88 Å². The molecule has 0 saturated carbocycles. The average molecular weight is 230 g/mol. The van der Waals surface area contributed by atoms with Gasteiger partial charge in [-0.05, 0) is 24.6 Å². The molecule has 0 aromatic carbocycles. The maximum Gasteiger partial charge on any atom is 0.212 e. The molecule has 0 saturated heterocycles. The van der Waals surface area contributed by atoms with Crippen LogP contribution in [0, 0.1) is 6.92 Å². The van der Waals surface area contributed by atoms with Crippen LogP contribution < -0.4 is 4.74 Å². The van der Waals surface area contributed by atoms with Crippen LogP contribution in [0.4, 0.5) is 0 Å². The predicted octanol–water partition coefficient (Wildman–Crippen LogP) is 3.49. The second kappa shape index (κ2) is 6.63. The second-order valence-electron chi connectivity index (χ2n) is 3.31. The number of methoxy groups -OCH3 is 1. The van der Waals surface area contributed by atoms with Crippen LogP contribution >= 0.6 is 0 Å². The molecule has 0 fully saturated rings. The Balaban J connectivity index is 0.000000686. The third-order valence-corrected chi connectivity index (χ3v) is 2.15. The summed E-state index contributed by atoms with van der Waals surface area (Å²) in [6, 6.07) is 7.80. The van der Waals surface area contributed by atoms with Crippen LogP contribution in [-0.2, 0) is 0 Å². The van der Waals surface area contributed by atoms with Crippen LogP contribution in [0.1, 0.15) is 19.4 Å². The second-order valence-corrected chi connectivity index (χ2v) is 3.31. The van der Waals surface area contributed by atoms with Crippen LogP contribution in [0.15, 0.2) is 36.7 Å². The van der Waals surface area contributed by atoms with Gasteiger partial charge in [-0.2, -0.15) is 0 Å². The Kier molecular flexibility index (Phi) is 5.14. The maximum atomic E-state index is 4.99. The normalized spacial score (nSPS) is 9.18. The van der Waals surface area contributed by atoms with Gasteiger partial charge in [-0.3, -0.25) is 4.98 Å². The smallest absolute Gasteiger partial charge is 0.212 e. The van der Waals surface area contributed by atoms with E-state index in [0.29, 0.717) is 5.88 Å². The van der Waals surface area contributed by atoms with E-state index in [0.717, 1.165) is 16.8 Å². The molecule has 3 nitrogen and oxygen atoms in total. The lowest BCUT2D eigenvalue weighted by molar-refractivity contribution is 0.398. The highest BCUT2D eigenvalue weighted by Gasteiger charge is 1.99. The summed E-state index contributed by atoms with van der Waals surface area (Å²) < 4.78 is 4.99. The SMILES string of the molecule is CC.COc1ccc(-c2ccc(C)cn2)cn1. The van der Waals surface area contributed by atoms with E-state index < -0.39 is 0 Å². The van der Waals surface area contributed by atoms with Gasteiger partial charge in [-0.1, -0.05) is 19.9 Å². The molecule has 0 aliphatic carbocycles. The molecule has 0 aliphatic rings. The predicted molar refractivity (Wildman–Crippen MR) is 70.1 cm³/mol. The first-order valence-electron chi connectivity index (χ1n) is 5.72. The molecule has 0 aliphatic heterocycles. The Labute approximate surface area is 103 Å². The first-order chi connectivity index (χ1) is 8.29. The Morgan fingerprint density at radius 3 is 2.18 bits per heavy atom. The van der Waals surface area contributed by atoms with Gasteiger partial charge in [0.1, 0.15) is 0 Å². The first-order valence-corrected chi connectivity index (χ1v) is 5.72. The Morgan fingerprint density at radius 1 is 0.941 bits per heavy atom. The van der Waals surface area contributed by atoms with E-state index in [9.17, 15) is 0 Å². The van der Waals surface area contributed by atoms with E-state index in [1.54, 1.807) is 13.3 Å². The van der Waals surface area contributed by atoms with Crippen molar-refractivity contribution >= 4 is 0 Å². The molecule has 0 radical (unpaired) electrons. The van der Waals surface area contributed by atoms with Crippen LogP contribution in [-0.4, -0.2) is 17.1 Å². The van der Waals surface area contributed by atoms with Gasteiger partial charge in [-0.25, -0.2) is 4.98 Å². The summed E-state index contributed by atoms with van der Waals surface area (Å²) in [5, 5.41) is 0. The van der Waals surface area contributed by atoms with Crippen molar-refractivity contribution in [3.8, 4) is 17.1 Å². The minimum Gasteiger partial charge on any atom is -0.481 e. The molecule has 2 heterocycles. The van der Waals surface area contributed by atoms with Gasteiger partial charge in [0, 0.05) is 24.0 Å². The molecular formula is C14H18N2O. The molecule has 3 heteroatoms. The van der Waals surface area contributed by atoms with Crippen LogP contribution in [0.25, 0.3) is 11.3 Å². The zero-order valence-electron chi connectivity index (χ0n) is 10.8. The van der Waals surface area contributed by atoms with Gasteiger partial charge < -0.3 is 4.74 Å². The standard InChI is InChI=1S/C12H12N2O.C2H6/c1-9-3-5-11(13-7-9)10-4-6-12(15-2)14-8-10;1-2/h3-8H,1-2H3;1-2H3. The molecule has 0 bridgehead atoms. The molecule has 0 unspecified atom stereocenters. The van der Waals surface area contributed by atoms with Gasteiger partial charge in [0.05, 0.1) is 12.8 Å². The Bertz CT molecular complexity index is 435. The van der Waals surface area contributed by atoms with E-state index in [1.807, 2.05) is 51.2 Å². The molecule has 0 atom stereocenters. The van der Waals surface area contributed by atoms with Crippen molar-refractivity contribution in [2.75, 3.05) is 7.11 Å². The molecule has 0 N–H and O–H groups in total. The first kappa shape index (κ1) is 13.2. The van der Waals surface area contributed by atoms with Crippen LogP contribution in [0.2, 0.25) is 0 Å². The lowest BCUT2D eigenvalue weighted by atomic mass is 10.2. The Hall–Kier alpha value is -1.90. The third kappa shape index (κ3) is 3.55. The minimum absolute atomic E-state index is 0.617. The van der Waals surface area contributed by atoms with Gasteiger partial charge in [-0.15, -0.1) is 0 Å². The maximum absolute atomic E-state index is 4.99. The fourth-order valence-corrected chi connectivity index (χ4v) is 1.29. The quantitative estimate of drug-likeness (QED) is 0.792. The number of aromatic nitrogens is 2. The highest BCUT2D eigenvalue weighted by Crippen LogP contribution is 2.17. The summed E-state index contributed by atoms with van der Waals surface area (Å²) in [5.41, 5.74) is 3.08. The summed E-state index contributed by atoms with van der Waals surface area (Å²) in [6.45, 7) is 6.02. The summed E-state index contributed by atoms with van der Waals surface area (Å²) in [4.78, 5) is 8.46. The molecular weight excluding hydrogens is 212 g/mol. The number of ether oxygens (including phenoxy) is 1. The molecule has 90 valence electrons. The van der Waals surface area contributed by atoms with Crippen molar-refractivity contribution in [1.29, 1.82) is 0 Å². The number of nitrogens with zero attached hydrogens (tertiary/aromatic N) is 2. The van der Waals surface area contributed by atoms with Crippen molar-refractivity contribution < 1.29 is 4.74 Å². The monoisotopic (exact) mass is 230 g/mol. The molecule has 2 rings (SSSR count). The van der Waals surface area contributed by atoms with E-state index in [-0.39, 0.29) is 0 Å². The van der Waals surface area contributed by atoms with Gasteiger partial charge >= 0.3 is 0 Å². The van der Waals surface area contributed by atoms with Crippen molar-refractivity contribution in [2.45, 2.75) is 20.8 Å². The third-order valence-electron chi connectivity index (χ3n) is 2.15. The number of hydrogen-bond acceptors (Lipinski definition) is 3. The summed E-state index contributed by atoms with van der Waals surface area (Å²) in [7, 11) is 1.60. The molecule has 0 amide bonds. The van der Waals surface area contributed by atoms with E-state index in [2.05, 4.69) is 9.97 Å². The number of hydrogen-bond donors (Lipinski definition) is 0. The highest BCUT2D eigenvalue weighted by atomic mass is 16.5. The van der Waals surface area contributed by atoms with Crippen LogP contribution in [0.3, 0.4) is 0 Å². The minimum atomic E-state index is 0.617. The largest absolute Gasteiger partial charge is 0.481 e. The number of pyridine rings is 2. The zero-order valence-corrected chi connectivity index (χ0v) is 10.8. The van der Waals surface area contributed by atoms with Crippen molar-refractivity contribution in [3.05, 3.63) is 42.2 Å².